The number of carbonyl (C=O) groups excluding carboxylic acids is 1. The summed E-state index contributed by atoms with van der Waals surface area (Å²) in [7, 11) is 0. The molecule has 0 aliphatic carbocycles. The van der Waals surface area contributed by atoms with E-state index in [1.807, 2.05) is 6.07 Å². The van der Waals surface area contributed by atoms with Crippen LogP contribution >= 0.6 is 43.2 Å². The molecule has 1 N–H and O–H groups in total. The number of nitro benzene ring substituents is 1. The average molecular weight is 433 g/mol. The second kappa shape index (κ2) is 6.92. The number of benzene rings is 1. The average Bonchev–Trinajstić information content (AvgIpc) is 2.77. The van der Waals surface area contributed by atoms with Gasteiger partial charge in [0.25, 0.3) is 11.6 Å². The highest BCUT2D eigenvalue weighted by Crippen LogP contribution is 2.31. The van der Waals surface area contributed by atoms with Crippen molar-refractivity contribution in [2.45, 2.75) is 0 Å². The maximum Gasteiger partial charge on any atom is 0.282 e. The lowest BCUT2D eigenvalue weighted by atomic mass is 10.2. The van der Waals surface area contributed by atoms with Crippen molar-refractivity contribution < 1.29 is 9.72 Å². The molecule has 2 rings (SSSR count). The second-order valence-corrected chi connectivity index (χ2v) is 7.00. The Balaban J connectivity index is 2.10. The fourth-order valence-corrected chi connectivity index (χ4v) is 3.43. The first-order chi connectivity index (χ1) is 9.99. The fraction of sp³-hybridized carbons (Fsp3) is 0. The molecule has 1 aromatic carbocycles. The molecule has 9 heteroatoms. The smallest absolute Gasteiger partial charge is 0.267 e. The molecule has 0 spiro atoms. The molecule has 108 valence electrons. The third-order valence-corrected chi connectivity index (χ3v) is 5.56. The molecule has 0 radical (unpaired) electrons. The van der Waals surface area contributed by atoms with Crippen LogP contribution in [-0.2, 0) is 0 Å². The highest BCUT2D eigenvalue weighted by atomic mass is 79.9. The van der Waals surface area contributed by atoms with E-state index in [9.17, 15) is 14.9 Å². The van der Waals surface area contributed by atoms with Crippen LogP contribution in [0, 0.1) is 10.1 Å². The molecule has 0 saturated heterocycles. The lowest BCUT2D eigenvalue weighted by Crippen LogP contribution is -2.18. The molecular weight excluding hydrogens is 426 g/mol. The minimum atomic E-state index is -0.631. The van der Waals surface area contributed by atoms with Gasteiger partial charge in [-0.05, 0) is 44.0 Å². The summed E-state index contributed by atoms with van der Waals surface area (Å²) >= 11 is 8.12. The van der Waals surface area contributed by atoms with Gasteiger partial charge in [0.05, 0.1) is 14.9 Å². The lowest BCUT2D eigenvalue weighted by molar-refractivity contribution is -0.385. The number of rotatable bonds is 4. The molecule has 0 aliphatic heterocycles. The molecule has 1 amide bonds. The summed E-state index contributed by atoms with van der Waals surface area (Å²) in [5.74, 6) is -0.631. The van der Waals surface area contributed by atoms with Gasteiger partial charge in [-0.25, -0.2) is 5.43 Å². The van der Waals surface area contributed by atoms with E-state index >= 15 is 0 Å². The second-order valence-electron chi connectivity index (χ2n) is 3.74. The number of carbonyl (C=O) groups is 1. The van der Waals surface area contributed by atoms with E-state index in [0.29, 0.717) is 0 Å². The molecule has 1 aromatic heterocycles. The number of para-hydroxylation sites is 1. The Hall–Kier alpha value is -1.58. The number of hydrazone groups is 1. The van der Waals surface area contributed by atoms with Crippen LogP contribution in [0.5, 0.6) is 0 Å². The molecular formula is C12H7Br2N3O3S. The van der Waals surface area contributed by atoms with E-state index in [4.69, 9.17) is 0 Å². The number of thiophene rings is 1. The van der Waals surface area contributed by atoms with Gasteiger partial charge in [-0.1, -0.05) is 12.1 Å². The Kier molecular flexibility index (Phi) is 5.21. The molecule has 0 fully saturated rings. The molecule has 0 atom stereocenters. The molecule has 0 bridgehead atoms. The predicted octanol–water partition coefficient (Wildman–Crippen LogP) is 3.95. The van der Waals surface area contributed by atoms with Crippen LogP contribution in [-0.4, -0.2) is 17.0 Å². The lowest BCUT2D eigenvalue weighted by Gasteiger charge is -2.00. The molecule has 1 heterocycles. The summed E-state index contributed by atoms with van der Waals surface area (Å²) in [5, 5.41) is 14.6. The van der Waals surface area contributed by atoms with Crippen LogP contribution in [0.2, 0.25) is 0 Å². The first-order valence-corrected chi connectivity index (χ1v) is 7.91. The van der Waals surface area contributed by atoms with Crippen molar-refractivity contribution in [3.05, 3.63) is 59.1 Å². The topological polar surface area (TPSA) is 84.6 Å². The number of hydrogen-bond acceptors (Lipinski definition) is 5. The van der Waals surface area contributed by atoms with Gasteiger partial charge >= 0.3 is 0 Å². The molecule has 0 aliphatic rings. The van der Waals surface area contributed by atoms with Crippen molar-refractivity contribution in [1.29, 1.82) is 0 Å². The maximum absolute atomic E-state index is 11.9. The van der Waals surface area contributed by atoms with Gasteiger partial charge in [0, 0.05) is 15.4 Å². The largest absolute Gasteiger partial charge is 0.282 e. The van der Waals surface area contributed by atoms with E-state index in [1.165, 1.54) is 35.8 Å². The van der Waals surface area contributed by atoms with Crippen molar-refractivity contribution >= 4 is 61.0 Å². The van der Waals surface area contributed by atoms with Gasteiger partial charge in [0.2, 0.25) is 0 Å². The quantitative estimate of drug-likeness (QED) is 0.451. The van der Waals surface area contributed by atoms with Gasteiger partial charge < -0.3 is 0 Å². The third-order valence-electron chi connectivity index (χ3n) is 2.37. The van der Waals surface area contributed by atoms with Crippen molar-refractivity contribution in [1.82, 2.24) is 5.43 Å². The summed E-state index contributed by atoms with van der Waals surface area (Å²) < 4.78 is 1.80. The first-order valence-electron chi connectivity index (χ1n) is 5.50. The van der Waals surface area contributed by atoms with Gasteiger partial charge in [-0.15, -0.1) is 11.3 Å². The molecule has 0 unspecified atom stereocenters. The number of hydrogen-bond donors (Lipinski definition) is 1. The van der Waals surface area contributed by atoms with E-state index in [1.54, 1.807) is 6.07 Å². The monoisotopic (exact) mass is 431 g/mol. The zero-order valence-corrected chi connectivity index (χ0v) is 14.2. The van der Waals surface area contributed by atoms with Crippen molar-refractivity contribution in [3.8, 4) is 0 Å². The maximum atomic E-state index is 11.9. The standard InChI is InChI=1S/C12H7Br2N3O3S/c13-9-5-7(21-11(9)14)6-15-16-12(18)8-3-1-2-4-10(8)17(19)20/h1-6H,(H,16,18)/b15-6+. The number of nitrogens with one attached hydrogen (secondary N) is 1. The van der Waals surface area contributed by atoms with Crippen molar-refractivity contribution in [2.24, 2.45) is 5.10 Å². The van der Waals surface area contributed by atoms with Gasteiger partial charge in [0.15, 0.2) is 0 Å². The third kappa shape index (κ3) is 3.96. The van der Waals surface area contributed by atoms with Crippen LogP contribution < -0.4 is 5.43 Å². The van der Waals surface area contributed by atoms with Crippen molar-refractivity contribution in [3.63, 3.8) is 0 Å². The summed E-state index contributed by atoms with van der Waals surface area (Å²) in [6.45, 7) is 0. The molecule has 0 saturated carbocycles. The van der Waals surface area contributed by atoms with Gasteiger partial charge in [-0.2, -0.15) is 5.10 Å². The Morgan fingerprint density at radius 3 is 2.71 bits per heavy atom. The predicted molar refractivity (Wildman–Crippen MR) is 87.9 cm³/mol. The molecule has 6 nitrogen and oxygen atoms in total. The minimum Gasteiger partial charge on any atom is -0.267 e. The Morgan fingerprint density at radius 1 is 1.38 bits per heavy atom. The van der Waals surface area contributed by atoms with E-state index in [2.05, 4.69) is 42.4 Å². The Labute approximate surface area is 140 Å². The summed E-state index contributed by atoms with van der Waals surface area (Å²) in [6.07, 6.45) is 1.47. The first kappa shape index (κ1) is 15.8. The summed E-state index contributed by atoms with van der Waals surface area (Å²) in [6, 6.07) is 7.53. The number of halogens is 2. The Bertz CT molecular complexity index is 711. The van der Waals surface area contributed by atoms with Crippen molar-refractivity contribution in [2.75, 3.05) is 0 Å². The van der Waals surface area contributed by atoms with Gasteiger partial charge in [-0.3, -0.25) is 14.9 Å². The molecule has 2 aromatic rings. The fourth-order valence-electron chi connectivity index (χ4n) is 1.47. The number of nitrogens with zero attached hydrogens (tertiary/aromatic N) is 2. The van der Waals surface area contributed by atoms with Crippen LogP contribution in [0.3, 0.4) is 0 Å². The Morgan fingerprint density at radius 2 is 2.10 bits per heavy atom. The highest BCUT2D eigenvalue weighted by Gasteiger charge is 2.18. The number of nitro groups is 1. The van der Waals surface area contributed by atoms with Crippen LogP contribution in [0.1, 0.15) is 15.2 Å². The SMILES string of the molecule is O=C(N/N=C/c1cc(Br)c(Br)s1)c1ccccc1[N+](=O)[O-]. The van der Waals surface area contributed by atoms with E-state index in [-0.39, 0.29) is 11.3 Å². The zero-order valence-electron chi connectivity index (χ0n) is 10.2. The molecule has 21 heavy (non-hydrogen) atoms. The van der Waals surface area contributed by atoms with Crippen LogP contribution in [0.15, 0.2) is 43.7 Å². The number of amides is 1. The summed E-state index contributed by atoms with van der Waals surface area (Å²) in [5.41, 5.74) is 1.98. The van der Waals surface area contributed by atoms with E-state index in [0.717, 1.165) is 13.1 Å². The van der Waals surface area contributed by atoms with E-state index < -0.39 is 10.8 Å². The highest BCUT2D eigenvalue weighted by molar-refractivity contribution is 9.13. The van der Waals surface area contributed by atoms with Gasteiger partial charge in [0.1, 0.15) is 5.56 Å². The zero-order chi connectivity index (χ0) is 15.4. The summed E-state index contributed by atoms with van der Waals surface area (Å²) in [4.78, 5) is 22.9. The van der Waals surface area contributed by atoms with Crippen LogP contribution in [0.25, 0.3) is 0 Å². The van der Waals surface area contributed by atoms with Crippen LogP contribution in [0.4, 0.5) is 5.69 Å². The normalized spacial score (nSPS) is 10.8. The minimum absolute atomic E-state index is 0.0341.